The van der Waals surface area contributed by atoms with Gasteiger partial charge in [-0.1, -0.05) is 12.1 Å². The summed E-state index contributed by atoms with van der Waals surface area (Å²) in [6, 6.07) is 14.0. The third kappa shape index (κ3) is 4.50. The smallest absolute Gasteiger partial charge is 0.270 e. The number of hydrogen-bond acceptors (Lipinski definition) is 9. The summed E-state index contributed by atoms with van der Waals surface area (Å²) in [5.74, 6) is 1.30. The number of benzene rings is 2. The van der Waals surface area contributed by atoms with Crippen molar-refractivity contribution < 1.29 is 19.2 Å². The van der Waals surface area contributed by atoms with E-state index in [0.717, 1.165) is 0 Å². The predicted molar refractivity (Wildman–Crippen MR) is 139 cm³/mol. The van der Waals surface area contributed by atoms with Crippen molar-refractivity contribution in [1.29, 1.82) is 0 Å². The Bertz CT molecular complexity index is 1570. The standard InChI is InChI=1S/C26H23N7O5/c1-15-22(25(34)29-17-7-5-11-27-14-17)23(20-13-19(37-2)9-10-21(20)38-3)32-26(28-15)30-24(31-32)16-6-4-8-18(12-16)33(35)36/h4-14,23H,1-3H3,(H,29,34)(H,28,30,31). The molecule has 0 fully saturated rings. The average molecular weight is 514 g/mol. The summed E-state index contributed by atoms with van der Waals surface area (Å²) < 4.78 is 12.7. The molecule has 38 heavy (non-hydrogen) atoms. The topological polar surface area (TPSA) is 146 Å². The van der Waals surface area contributed by atoms with E-state index in [4.69, 9.17) is 9.47 Å². The fourth-order valence-electron chi connectivity index (χ4n) is 4.30. The number of nitrogens with zero attached hydrogens (tertiary/aromatic N) is 5. The van der Waals surface area contributed by atoms with Crippen LogP contribution in [0.1, 0.15) is 18.5 Å². The zero-order valence-electron chi connectivity index (χ0n) is 20.7. The molecule has 1 aliphatic heterocycles. The monoisotopic (exact) mass is 513 g/mol. The Labute approximate surface area is 217 Å². The number of hydrogen-bond donors (Lipinski definition) is 2. The molecular weight excluding hydrogens is 490 g/mol. The second kappa shape index (κ2) is 10.0. The van der Waals surface area contributed by atoms with Gasteiger partial charge in [-0.05, 0) is 37.3 Å². The molecular formula is C26H23N7O5. The van der Waals surface area contributed by atoms with Crippen molar-refractivity contribution in [2.75, 3.05) is 24.9 Å². The molecule has 0 saturated heterocycles. The first kappa shape index (κ1) is 24.4. The van der Waals surface area contributed by atoms with Crippen molar-refractivity contribution in [3.05, 3.63) is 93.9 Å². The van der Waals surface area contributed by atoms with E-state index in [1.165, 1.54) is 19.2 Å². The normalized spacial score (nSPS) is 14.3. The first-order valence-electron chi connectivity index (χ1n) is 11.5. The van der Waals surface area contributed by atoms with Gasteiger partial charge in [-0.2, -0.15) is 4.98 Å². The number of carbonyl (C=O) groups excluding carboxylic acids is 1. The number of fused-ring (bicyclic) bond motifs is 1. The molecule has 2 aromatic carbocycles. The van der Waals surface area contributed by atoms with E-state index in [0.29, 0.717) is 45.5 Å². The maximum absolute atomic E-state index is 13.7. The summed E-state index contributed by atoms with van der Waals surface area (Å²) in [6.07, 6.45) is 3.16. The maximum atomic E-state index is 13.7. The summed E-state index contributed by atoms with van der Waals surface area (Å²) in [6.45, 7) is 1.77. The van der Waals surface area contributed by atoms with Crippen LogP contribution in [0.4, 0.5) is 17.3 Å². The number of nitrogens with one attached hydrogen (secondary N) is 2. The molecule has 2 N–H and O–H groups in total. The number of ether oxygens (including phenoxy) is 2. The van der Waals surface area contributed by atoms with Gasteiger partial charge in [0.05, 0.1) is 36.6 Å². The minimum absolute atomic E-state index is 0.0833. The molecule has 1 atom stereocenters. The lowest BCUT2D eigenvalue weighted by molar-refractivity contribution is -0.384. The molecule has 192 valence electrons. The Hall–Kier alpha value is -5.26. The first-order chi connectivity index (χ1) is 18.4. The van der Waals surface area contributed by atoms with Crippen LogP contribution in [0.5, 0.6) is 11.5 Å². The van der Waals surface area contributed by atoms with Crippen LogP contribution in [-0.4, -0.2) is 44.8 Å². The van der Waals surface area contributed by atoms with Gasteiger partial charge in [0.15, 0.2) is 5.82 Å². The molecule has 0 saturated carbocycles. The number of pyridine rings is 1. The van der Waals surface area contributed by atoms with Crippen molar-refractivity contribution in [3.63, 3.8) is 0 Å². The van der Waals surface area contributed by atoms with Gasteiger partial charge in [0.2, 0.25) is 5.95 Å². The second-order valence-corrected chi connectivity index (χ2v) is 8.38. The number of amides is 1. The molecule has 0 bridgehead atoms. The SMILES string of the molecule is COc1ccc(OC)c(C2C(C(=O)Nc3cccnc3)=C(C)Nc3nc(-c4cccc([N+](=O)[O-])c4)nn32)c1. The molecule has 4 aromatic rings. The molecule has 12 heteroatoms. The number of rotatable bonds is 7. The van der Waals surface area contributed by atoms with Gasteiger partial charge in [-0.15, -0.1) is 5.10 Å². The first-order valence-corrected chi connectivity index (χ1v) is 11.5. The fraction of sp³-hybridized carbons (Fsp3) is 0.154. The number of anilines is 2. The number of allylic oxidation sites excluding steroid dienone is 1. The van der Waals surface area contributed by atoms with Gasteiger partial charge in [-0.25, -0.2) is 4.68 Å². The third-order valence-electron chi connectivity index (χ3n) is 6.06. The van der Waals surface area contributed by atoms with E-state index in [-0.39, 0.29) is 17.4 Å². The lowest BCUT2D eigenvalue weighted by atomic mass is 9.94. The number of methoxy groups -OCH3 is 2. The van der Waals surface area contributed by atoms with E-state index in [1.807, 2.05) is 0 Å². The Balaban J connectivity index is 1.67. The summed E-state index contributed by atoms with van der Waals surface area (Å²) in [5, 5.41) is 22.1. The molecule has 3 heterocycles. The molecule has 1 amide bonds. The van der Waals surface area contributed by atoms with Crippen LogP contribution < -0.4 is 20.1 Å². The van der Waals surface area contributed by atoms with Gasteiger partial charge in [0.25, 0.3) is 11.6 Å². The fourth-order valence-corrected chi connectivity index (χ4v) is 4.30. The van der Waals surface area contributed by atoms with E-state index < -0.39 is 11.0 Å². The molecule has 0 spiro atoms. The largest absolute Gasteiger partial charge is 0.497 e. The van der Waals surface area contributed by atoms with Crippen LogP contribution in [0.3, 0.4) is 0 Å². The summed E-state index contributed by atoms with van der Waals surface area (Å²) in [4.78, 5) is 33.2. The van der Waals surface area contributed by atoms with Crippen LogP contribution in [0.25, 0.3) is 11.4 Å². The van der Waals surface area contributed by atoms with E-state index in [2.05, 4.69) is 25.7 Å². The van der Waals surface area contributed by atoms with Crippen molar-refractivity contribution in [3.8, 4) is 22.9 Å². The van der Waals surface area contributed by atoms with Crippen LogP contribution in [0.15, 0.2) is 78.3 Å². The molecule has 5 rings (SSSR count). The summed E-state index contributed by atoms with van der Waals surface area (Å²) in [7, 11) is 3.08. The summed E-state index contributed by atoms with van der Waals surface area (Å²) in [5.41, 5.74) is 2.42. The zero-order valence-corrected chi connectivity index (χ0v) is 20.7. The maximum Gasteiger partial charge on any atom is 0.270 e. The average Bonchev–Trinajstić information content (AvgIpc) is 3.36. The number of nitro benzene ring substituents is 1. The number of nitro groups is 1. The Morgan fingerprint density at radius 2 is 1.97 bits per heavy atom. The highest BCUT2D eigenvalue weighted by Crippen LogP contribution is 2.41. The molecule has 12 nitrogen and oxygen atoms in total. The Morgan fingerprint density at radius 3 is 2.68 bits per heavy atom. The molecule has 0 radical (unpaired) electrons. The number of non-ortho nitro benzene ring substituents is 1. The van der Waals surface area contributed by atoms with Gasteiger partial charge in [-0.3, -0.25) is 19.9 Å². The number of aromatic nitrogens is 4. The lowest BCUT2D eigenvalue weighted by Crippen LogP contribution is -2.31. The summed E-state index contributed by atoms with van der Waals surface area (Å²) >= 11 is 0. The highest BCUT2D eigenvalue weighted by atomic mass is 16.6. The van der Waals surface area contributed by atoms with Crippen molar-refractivity contribution >= 4 is 23.2 Å². The van der Waals surface area contributed by atoms with Gasteiger partial charge in [0.1, 0.15) is 17.5 Å². The van der Waals surface area contributed by atoms with E-state index >= 15 is 0 Å². The Kier molecular flexibility index (Phi) is 6.44. The van der Waals surface area contributed by atoms with Gasteiger partial charge in [0, 0.05) is 35.2 Å². The third-order valence-corrected chi connectivity index (χ3v) is 6.06. The molecule has 2 aromatic heterocycles. The van der Waals surface area contributed by atoms with E-state index in [1.54, 1.807) is 73.6 Å². The van der Waals surface area contributed by atoms with E-state index in [9.17, 15) is 14.9 Å². The van der Waals surface area contributed by atoms with Crippen LogP contribution in [-0.2, 0) is 4.79 Å². The quantitative estimate of drug-likeness (QED) is 0.274. The zero-order chi connectivity index (χ0) is 26.8. The highest BCUT2D eigenvalue weighted by molar-refractivity contribution is 6.06. The van der Waals surface area contributed by atoms with Gasteiger partial charge >= 0.3 is 0 Å². The molecule has 1 unspecified atom stereocenters. The van der Waals surface area contributed by atoms with Crippen LogP contribution in [0, 0.1) is 10.1 Å². The van der Waals surface area contributed by atoms with Crippen LogP contribution >= 0.6 is 0 Å². The van der Waals surface area contributed by atoms with Crippen molar-refractivity contribution in [2.45, 2.75) is 13.0 Å². The predicted octanol–water partition coefficient (Wildman–Crippen LogP) is 4.19. The second-order valence-electron chi connectivity index (χ2n) is 8.38. The van der Waals surface area contributed by atoms with Crippen molar-refractivity contribution in [2.24, 2.45) is 0 Å². The minimum Gasteiger partial charge on any atom is -0.497 e. The molecule has 0 aliphatic carbocycles. The molecule has 1 aliphatic rings. The highest BCUT2D eigenvalue weighted by Gasteiger charge is 2.36. The Morgan fingerprint density at radius 1 is 1.13 bits per heavy atom. The van der Waals surface area contributed by atoms with Gasteiger partial charge < -0.3 is 20.1 Å². The minimum atomic E-state index is -0.770. The lowest BCUT2D eigenvalue weighted by Gasteiger charge is -2.29. The van der Waals surface area contributed by atoms with Crippen LogP contribution in [0.2, 0.25) is 0 Å². The number of carbonyl (C=O) groups is 1. The van der Waals surface area contributed by atoms with Crippen molar-refractivity contribution in [1.82, 2.24) is 19.7 Å².